The molecule has 2 rings (SSSR count). The van der Waals surface area contributed by atoms with E-state index in [4.69, 9.17) is 0 Å². The van der Waals surface area contributed by atoms with E-state index in [9.17, 15) is 0 Å². The molecule has 0 saturated heterocycles. The number of benzene rings is 1. The molecule has 0 heterocycles. The number of hydrogen-bond donors (Lipinski definition) is 0. The van der Waals surface area contributed by atoms with Crippen LogP contribution in [-0.2, 0) is 0 Å². The Morgan fingerprint density at radius 1 is 0.857 bits per heavy atom. The zero-order chi connectivity index (χ0) is 10.7. The van der Waals surface area contributed by atoms with Gasteiger partial charge in [-0.25, -0.2) is 0 Å². The Morgan fingerprint density at radius 2 is 1.36 bits per heavy atom. The average molecular weight is 190 g/mol. The monoisotopic (exact) mass is 190 g/mol. The molecule has 0 bridgehead atoms. The summed E-state index contributed by atoms with van der Waals surface area (Å²) >= 11 is 0. The van der Waals surface area contributed by atoms with Gasteiger partial charge in [0.1, 0.15) is 0 Å². The largest absolute Gasteiger partial charge is 0.0683 e. The Morgan fingerprint density at radius 3 is 1.86 bits per heavy atom. The third-order valence-electron chi connectivity index (χ3n) is 2.90. The Labute approximate surface area is 88.4 Å². The zero-order valence-electron chi connectivity index (χ0n) is 10.1. The van der Waals surface area contributed by atoms with E-state index in [0.717, 1.165) is 5.92 Å². The lowest BCUT2D eigenvalue weighted by Crippen LogP contribution is -1.90. The van der Waals surface area contributed by atoms with E-state index in [0.29, 0.717) is 0 Å². The quantitative estimate of drug-likeness (QED) is 0.611. The van der Waals surface area contributed by atoms with Crippen LogP contribution in [0.5, 0.6) is 0 Å². The Hall–Kier alpha value is -0.780. The summed E-state index contributed by atoms with van der Waals surface area (Å²) in [7, 11) is 0. The van der Waals surface area contributed by atoms with Crippen molar-refractivity contribution in [2.45, 2.75) is 53.4 Å². The molecule has 0 unspecified atom stereocenters. The van der Waals surface area contributed by atoms with E-state index in [-0.39, 0.29) is 0 Å². The number of aryl methyl sites for hydroxylation is 3. The molecule has 0 radical (unpaired) electrons. The van der Waals surface area contributed by atoms with Crippen molar-refractivity contribution in [3.63, 3.8) is 0 Å². The lowest BCUT2D eigenvalue weighted by molar-refractivity contribution is 1.08. The predicted molar refractivity (Wildman–Crippen MR) is 64.0 cm³/mol. The summed E-state index contributed by atoms with van der Waals surface area (Å²) in [6.45, 7) is 10.6. The first-order chi connectivity index (χ1) is 6.68. The van der Waals surface area contributed by atoms with Crippen molar-refractivity contribution < 1.29 is 0 Å². The van der Waals surface area contributed by atoms with Crippen molar-refractivity contribution in [3.05, 3.63) is 34.4 Å². The fourth-order valence-electron chi connectivity index (χ4n) is 1.82. The van der Waals surface area contributed by atoms with Crippen molar-refractivity contribution >= 4 is 0 Å². The van der Waals surface area contributed by atoms with Crippen LogP contribution in [0.2, 0.25) is 0 Å². The maximum Gasteiger partial charge on any atom is -0.0159 e. The molecule has 1 aromatic carbocycles. The van der Waals surface area contributed by atoms with Crippen LogP contribution in [-0.4, -0.2) is 0 Å². The highest BCUT2D eigenvalue weighted by molar-refractivity contribution is 5.40. The molecular formula is C14H22. The molecular weight excluding hydrogens is 168 g/mol. The first-order valence-corrected chi connectivity index (χ1v) is 5.76. The van der Waals surface area contributed by atoms with Gasteiger partial charge < -0.3 is 0 Å². The van der Waals surface area contributed by atoms with Crippen molar-refractivity contribution in [2.24, 2.45) is 0 Å². The van der Waals surface area contributed by atoms with Gasteiger partial charge in [-0.2, -0.15) is 0 Å². The van der Waals surface area contributed by atoms with Gasteiger partial charge in [0.05, 0.1) is 0 Å². The number of rotatable bonds is 1. The van der Waals surface area contributed by atoms with Gasteiger partial charge in [0.2, 0.25) is 0 Å². The van der Waals surface area contributed by atoms with Crippen molar-refractivity contribution in [2.75, 3.05) is 0 Å². The van der Waals surface area contributed by atoms with Crippen LogP contribution >= 0.6 is 0 Å². The molecule has 1 aliphatic carbocycles. The van der Waals surface area contributed by atoms with Gasteiger partial charge in [0, 0.05) is 0 Å². The molecule has 0 spiro atoms. The van der Waals surface area contributed by atoms with Crippen LogP contribution in [0, 0.1) is 20.8 Å². The molecule has 14 heavy (non-hydrogen) atoms. The number of hydrogen-bond acceptors (Lipinski definition) is 0. The lowest BCUT2D eigenvalue weighted by atomic mass is 9.98. The Kier molecular flexibility index (Phi) is 3.74. The molecule has 0 atom stereocenters. The van der Waals surface area contributed by atoms with Gasteiger partial charge in [-0.1, -0.05) is 26.0 Å². The fourth-order valence-corrected chi connectivity index (χ4v) is 1.82. The van der Waals surface area contributed by atoms with Crippen LogP contribution in [0.4, 0.5) is 0 Å². The summed E-state index contributed by atoms with van der Waals surface area (Å²) in [6, 6.07) is 4.70. The highest BCUT2D eigenvalue weighted by atomic mass is 14.3. The molecule has 0 N–H and O–H groups in total. The van der Waals surface area contributed by atoms with E-state index >= 15 is 0 Å². The predicted octanol–water partition coefficient (Wildman–Crippen LogP) is 4.52. The van der Waals surface area contributed by atoms with E-state index in [2.05, 4.69) is 32.9 Å². The molecule has 1 aliphatic rings. The van der Waals surface area contributed by atoms with Gasteiger partial charge in [-0.15, -0.1) is 0 Å². The lowest BCUT2D eigenvalue weighted by Gasteiger charge is -2.08. The van der Waals surface area contributed by atoms with Crippen molar-refractivity contribution in [1.29, 1.82) is 0 Å². The summed E-state index contributed by atoms with van der Waals surface area (Å²) < 4.78 is 0. The minimum atomic E-state index is 0.893. The highest BCUT2D eigenvalue weighted by Gasteiger charge is 2.25. The van der Waals surface area contributed by atoms with Crippen LogP contribution in [0.1, 0.15) is 54.9 Å². The summed E-state index contributed by atoms with van der Waals surface area (Å²) in [4.78, 5) is 0. The maximum absolute atomic E-state index is 2.38. The van der Waals surface area contributed by atoms with Gasteiger partial charge in [0.15, 0.2) is 0 Å². The molecule has 0 heteroatoms. The molecule has 1 aromatic rings. The summed E-state index contributed by atoms with van der Waals surface area (Å²) in [5.74, 6) is 0.893. The minimum absolute atomic E-state index is 0.893. The average Bonchev–Trinajstić information content (AvgIpc) is 2.98. The van der Waals surface area contributed by atoms with Crippen molar-refractivity contribution in [3.8, 4) is 0 Å². The third kappa shape index (κ3) is 2.37. The third-order valence-corrected chi connectivity index (χ3v) is 2.90. The van der Waals surface area contributed by atoms with Gasteiger partial charge in [-0.05, 0) is 61.8 Å². The topological polar surface area (TPSA) is 0 Å². The van der Waals surface area contributed by atoms with Crippen LogP contribution < -0.4 is 0 Å². The molecule has 1 saturated carbocycles. The summed E-state index contributed by atoms with van der Waals surface area (Å²) in [5, 5.41) is 0. The minimum Gasteiger partial charge on any atom is -0.0683 e. The molecule has 0 aliphatic heterocycles. The highest BCUT2D eigenvalue weighted by Crippen LogP contribution is 2.42. The van der Waals surface area contributed by atoms with Gasteiger partial charge in [-0.3, -0.25) is 0 Å². The van der Waals surface area contributed by atoms with Crippen molar-refractivity contribution in [1.82, 2.24) is 0 Å². The van der Waals surface area contributed by atoms with E-state index in [1.54, 1.807) is 5.56 Å². The van der Waals surface area contributed by atoms with Crippen LogP contribution in [0.15, 0.2) is 12.1 Å². The second kappa shape index (κ2) is 4.63. The van der Waals surface area contributed by atoms with E-state index < -0.39 is 0 Å². The second-order valence-corrected chi connectivity index (χ2v) is 4.07. The van der Waals surface area contributed by atoms with Crippen LogP contribution in [0.3, 0.4) is 0 Å². The maximum atomic E-state index is 2.38. The van der Waals surface area contributed by atoms with Gasteiger partial charge in [0.25, 0.3) is 0 Å². The standard InChI is InChI=1S/C12H16.C2H6/c1-8-6-10(3)12(7-9(8)2)11-4-5-11;1-2/h6-7,11H,4-5H2,1-3H3;1-2H3. The molecule has 1 fully saturated rings. The summed E-state index contributed by atoms with van der Waals surface area (Å²) in [6.07, 6.45) is 2.81. The smallest absolute Gasteiger partial charge is 0.0159 e. The van der Waals surface area contributed by atoms with E-state index in [1.165, 1.54) is 29.5 Å². The molecule has 0 nitrogen and oxygen atoms in total. The molecule has 0 aromatic heterocycles. The molecule has 0 amide bonds. The zero-order valence-corrected chi connectivity index (χ0v) is 10.1. The van der Waals surface area contributed by atoms with Crippen LogP contribution in [0.25, 0.3) is 0 Å². The molecule has 78 valence electrons. The normalized spacial score (nSPS) is 14.6. The fraction of sp³-hybridized carbons (Fsp3) is 0.571. The summed E-state index contributed by atoms with van der Waals surface area (Å²) in [5.41, 5.74) is 5.96. The first-order valence-electron chi connectivity index (χ1n) is 5.76. The van der Waals surface area contributed by atoms with Gasteiger partial charge >= 0.3 is 0 Å². The second-order valence-electron chi connectivity index (χ2n) is 4.07. The first kappa shape index (κ1) is 11.3. The Balaban J connectivity index is 0.000000461. The Bertz CT molecular complexity index is 306. The van der Waals surface area contributed by atoms with E-state index in [1.807, 2.05) is 13.8 Å². The SMILES string of the molecule is CC.Cc1cc(C)c(C2CC2)cc1C.